The van der Waals surface area contributed by atoms with Crippen molar-refractivity contribution in [1.29, 1.82) is 0 Å². The van der Waals surface area contributed by atoms with Crippen molar-refractivity contribution in [2.45, 2.75) is 45.6 Å². The normalized spacial score (nSPS) is 16.4. The molecule has 3 aromatic carbocycles. The Morgan fingerprint density at radius 3 is 2.55 bits per heavy atom. The maximum atomic E-state index is 13.6. The predicted molar refractivity (Wildman–Crippen MR) is 156 cm³/mol. The first-order chi connectivity index (χ1) is 19.4. The van der Waals surface area contributed by atoms with Crippen LogP contribution in [0.5, 0.6) is 0 Å². The van der Waals surface area contributed by atoms with Crippen molar-refractivity contribution in [3.8, 4) is 0 Å². The third kappa shape index (κ3) is 3.62. The molecule has 4 heterocycles. The number of anilines is 1. The van der Waals surface area contributed by atoms with Crippen LogP contribution in [0, 0.1) is 0 Å². The molecule has 2 aromatic heterocycles. The van der Waals surface area contributed by atoms with Gasteiger partial charge < -0.3 is 24.3 Å². The number of aromatic nitrogens is 3. The number of nitrogens with zero attached hydrogens (tertiary/aromatic N) is 5. The third-order valence-electron chi connectivity index (χ3n) is 8.34. The molecule has 0 aliphatic carbocycles. The number of benzene rings is 3. The van der Waals surface area contributed by atoms with Crippen LogP contribution in [-0.2, 0) is 24.3 Å². The number of fused-ring (bicyclic) bond motifs is 7. The molecule has 202 valence electrons. The van der Waals surface area contributed by atoms with E-state index >= 15 is 0 Å². The van der Waals surface area contributed by atoms with Crippen molar-refractivity contribution in [2.75, 3.05) is 18.5 Å². The SMILES string of the molecule is CC(C)n1c(CNC(=O)Cn2c3c(c4ccccc42)CCN2C(=O)c4ccccc4N(C)C32)nc2ccccc21. The molecular formula is C32H32N6O2. The van der Waals surface area contributed by atoms with Crippen molar-refractivity contribution < 1.29 is 9.59 Å². The lowest BCUT2D eigenvalue weighted by Crippen LogP contribution is -2.51. The van der Waals surface area contributed by atoms with E-state index in [-0.39, 0.29) is 30.6 Å². The molecule has 0 radical (unpaired) electrons. The summed E-state index contributed by atoms with van der Waals surface area (Å²) in [6, 6.07) is 24.3. The van der Waals surface area contributed by atoms with Gasteiger partial charge in [-0.05, 0) is 56.2 Å². The zero-order valence-corrected chi connectivity index (χ0v) is 23.0. The summed E-state index contributed by atoms with van der Waals surface area (Å²) in [6.07, 6.45) is 0.470. The molecule has 0 bridgehead atoms. The van der Waals surface area contributed by atoms with Crippen LogP contribution in [0.25, 0.3) is 21.9 Å². The van der Waals surface area contributed by atoms with E-state index in [1.54, 1.807) is 0 Å². The minimum absolute atomic E-state index is 0.0400. The minimum Gasteiger partial charge on any atom is -0.349 e. The lowest BCUT2D eigenvalue weighted by Gasteiger charge is -2.46. The van der Waals surface area contributed by atoms with Crippen LogP contribution in [0.4, 0.5) is 5.69 Å². The Morgan fingerprint density at radius 2 is 1.73 bits per heavy atom. The molecule has 8 nitrogen and oxygen atoms in total. The molecule has 1 atom stereocenters. The first-order valence-electron chi connectivity index (χ1n) is 13.9. The highest BCUT2D eigenvalue weighted by Crippen LogP contribution is 2.44. The van der Waals surface area contributed by atoms with Crippen molar-refractivity contribution in [1.82, 2.24) is 24.3 Å². The Hall–Kier alpha value is -4.59. The summed E-state index contributed by atoms with van der Waals surface area (Å²) in [5.74, 6) is 0.788. The number of hydrogen-bond acceptors (Lipinski definition) is 4. The Labute approximate surface area is 232 Å². The van der Waals surface area contributed by atoms with Crippen LogP contribution in [0.2, 0.25) is 0 Å². The summed E-state index contributed by atoms with van der Waals surface area (Å²) in [4.78, 5) is 36.1. The summed E-state index contributed by atoms with van der Waals surface area (Å²) < 4.78 is 4.29. The van der Waals surface area contributed by atoms with E-state index in [9.17, 15) is 9.59 Å². The van der Waals surface area contributed by atoms with Gasteiger partial charge in [0.15, 0.2) is 0 Å². The highest BCUT2D eigenvalue weighted by molar-refractivity contribution is 6.02. The van der Waals surface area contributed by atoms with Crippen LogP contribution in [-0.4, -0.2) is 44.4 Å². The molecule has 40 heavy (non-hydrogen) atoms. The molecule has 1 unspecified atom stereocenters. The summed E-state index contributed by atoms with van der Waals surface area (Å²) in [6.45, 7) is 5.40. The van der Waals surface area contributed by atoms with E-state index in [1.807, 2.05) is 66.5 Å². The molecule has 2 amide bonds. The van der Waals surface area contributed by atoms with Gasteiger partial charge in [-0.25, -0.2) is 4.98 Å². The molecule has 5 aromatic rings. The molecule has 8 heteroatoms. The number of rotatable bonds is 5. The average molecular weight is 533 g/mol. The summed E-state index contributed by atoms with van der Waals surface area (Å²) in [7, 11) is 2.04. The molecule has 7 rings (SSSR count). The number of para-hydroxylation sites is 4. The average Bonchev–Trinajstić information content (AvgIpc) is 3.50. The van der Waals surface area contributed by atoms with E-state index < -0.39 is 0 Å². The van der Waals surface area contributed by atoms with Gasteiger partial charge in [0.1, 0.15) is 18.5 Å². The minimum atomic E-state index is -0.281. The molecule has 2 aliphatic heterocycles. The topological polar surface area (TPSA) is 75.4 Å². The fraction of sp³-hybridized carbons (Fsp3) is 0.281. The van der Waals surface area contributed by atoms with E-state index in [0.29, 0.717) is 13.1 Å². The van der Waals surface area contributed by atoms with Gasteiger partial charge in [-0.15, -0.1) is 0 Å². The van der Waals surface area contributed by atoms with Crippen molar-refractivity contribution >= 4 is 39.4 Å². The second kappa shape index (κ2) is 9.26. The number of carbonyl (C=O) groups is 2. The van der Waals surface area contributed by atoms with Crippen LogP contribution < -0.4 is 10.2 Å². The molecule has 0 fully saturated rings. The Balaban J connectivity index is 1.25. The maximum Gasteiger partial charge on any atom is 0.257 e. The van der Waals surface area contributed by atoms with Crippen LogP contribution in [0.3, 0.4) is 0 Å². The van der Waals surface area contributed by atoms with Gasteiger partial charge in [0.2, 0.25) is 5.91 Å². The van der Waals surface area contributed by atoms with Gasteiger partial charge >= 0.3 is 0 Å². The quantitative estimate of drug-likeness (QED) is 0.344. The van der Waals surface area contributed by atoms with Crippen molar-refractivity contribution in [3.63, 3.8) is 0 Å². The van der Waals surface area contributed by atoms with E-state index in [1.165, 1.54) is 5.56 Å². The molecule has 2 aliphatic rings. The van der Waals surface area contributed by atoms with E-state index in [0.717, 1.165) is 51.1 Å². The molecule has 0 saturated carbocycles. The first-order valence-corrected chi connectivity index (χ1v) is 13.9. The Kier molecular flexibility index (Phi) is 5.66. The second-order valence-electron chi connectivity index (χ2n) is 11.0. The van der Waals surface area contributed by atoms with Gasteiger partial charge in [0.25, 0.3) is 5.91 Å². The fourth-order valence-electron chi connectivity index (χ4n) is 6.65. The van der Waals surface area contributed by atoms with Crippen molar-refractivity contribution in [2.24, 2.45) is 0 Å². The summed E-state index contributed by atoms with van der Waals surface area (Å²) in [5.41, 5.74) is 6.87. The second-order valence-corrected chi connectivity index (χ2v) is 11.0. The zero-order chi connectivity index (χ0) is 27.5. The zero-order valence-electron chi connectivity index (χ0n) is 23.0. The van der Waals surface area contributed by atoms with E-state index in [2.05, 4.69) is 51.4 Å². The predicted octanol–water partition coefficient (Wildman–Crippen LogP) is 5.04. The molecule has 0 spiro atoms. The largest absolute Gasteiger partial charge is 0.349 e. The molecule has 1 N–H and O–H groups in total. The highest BCUT2D eigenvalue weighted by atomic mass is 16.2. The van der Waals surface area contributed by atoms with Gasteiger partial charge in [0, 0.05) is 30.5 Å². The lowest BCUT2D eigenvalue weighted by molar-refractivity contribution is -0.121. The first kappa shape index (κ1) is 24.5. The fourth-order valence-corrected chi connectivity index (χ4v) is 6.65. The number of hydrogen-bond donors (Lipinski definition) is 1. The number of amides is 2. The maximum absolute atomic E-state index is 13.6. The molecular weight excluding hydrogens is 500 g/mol. The summed E-state index contributed by atoms with van der Waals surface area (Å²) >= 11 is 0. The van der Waals surface area contributed by atoms with Crippen LogP contribution in [0.1, 0.15) is 53.5 Å². The monoisotopic (exact) mass is 532 g/mol. The standard InChI is InChI=1S/C32H32N6O2/c1-20(2)38-27-15-9-6-12-24(27)34-28(38)18-33-29(39)19-37-26-14-8-4-10-21(26)22-16-17-36-31(30(22)37)35(3)25-13-7-5-11-23(25)32(36)40/h4-15,20,31H,16-19H2,1-3H3,(H,33,39). The smallest absolute Gasteiger partial charge is 0.257 e. The lowest BCUT2D eigenvalue weighted by atomic mass is 9.96. The van der Waals surface area contributed by atoms with E-state index in [4.69, 9.17) is 4.98 Å². The third-order valence-corrected chi connectivity index (χ3v) is 8.34. The highest BCUT2D eigenvalue weighted by Gasteiger charge is 2.42. The van der Waals surface area contributed by atoms with Gasteiger partial charge in [-0.2, -0.15) is 0 Å². The molecule has 0 saturated heterocycles. The number of imidazole rings is 1. The Bertz CT molecular complexity index is 1800. The van der Waals surface area contributed by atoms with Crippen LogP contribution in [0.15, 0.2) is 72.8 Å². The van der Waals surface area contributed by atoms with Gasteiger partial charge in [-0.1, -0.05) is 42.5 Å². The number of carbonyl (C=O) groups excluding carboxylic acids is 2. The van der Waals surface area contributed by atoms with Gasteiger partial charge in [-0.3, -0.25) is 9.59 Å². The number of nitrogens with one attached hydrogen (secondary N) is 1. The summed E-state index contributed by atoms with van der Waals surface area (Å²) in [5, 5.41) is 4.28. The van der Waals surface area contributed by atoms with Crippen molar-refractivity contribution in [3.05, 3.63) is 95.4 Å². The Morgan fingerprint density at radius 1 is 1.00 bits per heavy atom. The van der Waals surface area contributed by atoms with Gasteiger partial charge in [0.05, 0.1) is 34.5 Å². The van der Waals surface area contributed by atoms with Crippen LogP contribution >= 0.6 is 0 Å².